The summed E-state index contributed by atoms with van der Waals surface area (Å²) in [5.74, 6) is 48.0. The molecule has 0 saturated carbocycles. The van der Waals surface area contributed by atoms with Crippen LogP contribution in [0.5, 0.6) is 0 Å². The zero-order valence-electron chi connectivity index (χ0n) is 73.8. The van der Waals surface area contributed by atoms with E-state index in [1.54, 1.807) is 0 Å². The first-order valence-electron chi connectivity index (χ1n) is 42.3. The highest BCUT2D eigenvalue weighted by Crippen LogP contribution is 2.42. The van der Waals surface area contributed by atoms with Gasteiger partial charge in [0, 0.05) is 90.1 Å². The van der Waals surface area contributed by atoms with Gasteiger partial charge in [-0.15, -0.1) is 11.1 Å². The van der Waals surface area contributed by atoms with E-state index in [-0.39, 0.29) is 0 Å². The van der Waals surface area contributed by atoms with Gasteiger partial charge in [0.15, 0.2) is 0 Å². The van der Waals surface area contributed by atoms with Crippen molar-refractivity contribution in [1.82, 2.24) is 19.9 Å². The van der Waals surface area contributed by atoms with Gasteiger partial charge in [-0.05, 0) is 242 Å². The minimum atomic E-state index is -1.58. The van der Waals surface area contributed by atoms with Gasteiger partial charge in [0.25, 0.3) is 0 Å². The highest BCUT2D eigenvalue weighted by molar-refractivity contribution is 6.84. The van der Waals surface area contributed by atoms with E-state index in [0.29, 0.717) is 0 Å². The molecule has 8 heterocycles. The van der Waals surface area contributed by atoms with E-state index in [4.69, 9.17) is 20.0 Å². The molecule has 0 radical (unpaired) electrons. The fraction of sp³-hybridized carbons (Fsp3) is 0.490. The molecule has 0 aliphatic carbocycles. The second-order valence-electron chi connectivity index (χ2n) is 33.8. The van der Waals surface area contributed by atoms with Crippen LogP contribution >= 0.6 is 0 Å². The summed E-state index contributed by atoms with van der Waals surface area (Å²) in [6, 6.07) is 0. The first-order chi connectivity index (χ1) is 53.4. The smallest absolute Gasteiger partial charge is 0.129 e. The average Bonchev–Trinajstić information content (AvgIpc) is 1.65. The van der Waals surface area contributed by atoms with Crippen molar-refractivity contribution in [2.75, 3.05) is 0 Å². The molecule has 586 valence electrons. The van der Waals surface area contributed by atoms with Crippen LogP contribution in [0.25, 0.3) is 22.3 Å². The number of unbranched alkanes of at least 4 members (excludes halogenated alkanes) is 16. The summed E-state index contributed by atoms with van der Waals surface area (Å²) in [6.45, 7) is 57.3. The van der Waals surface area contributed by atoms with Crippen LogP contribution in [0.1, 0.15) is 327 Å². The molecule has 4 aromatic heterocycles. The van der Waals surface area contributed by atoms with Gasteiger partial charge in [-0.2, -0.15) is 0 Å². The van der Waals surface area contributed by atoms with Gasteiger partial charge in [-0.3, -0.25) is 20.0 Å². The highest BCUT2D eigenvalue weighted by Gasteiger charge is 2.30. The molecule has 0 unspecified atom stereocenters. The Morgan fingerprint density at radius 3 is 0.661 bits per heavy atom. The average molecular weight is 1520 g/mol. The molecule has 0 bridgehead atoms. The van der Waals surface area contributed by atoms with Crippen LogP contribution in [-0.4, -0.2) is 58.9 Å². The number of aromatic nitrogens is 4. The van der Waals surface area contributed by atoms with Crippen molar-refractivity contribution < 1.29 is 0 Å². The van der Waals surface area contributed by atoms with E-state index in [1.165, 1.54) is 123 Å². The molecule has 4 N–H and O–H groups in total. The molecule has 0 fully saturated rings. The minimum Gasteiger partial charge on any atom is -0.358 e. The fourth-order valence-electron chi connectivity index (χ4n) is 15.8. The van der Waals surface area contributed by atoms with Gasteiger partial charge in [-0.25, -0.2) is 0 Å². The number of hydrogen-bond donors (Lipinski definition) is 4. The molecule has 112 heavy (non-hydrogen) atoms. The van der Waals surface area contributed by atoms with Crippen LogP contribution < -0.4 is 0 Å². The molecule has 4 aromatic rings. The topological polar surface area (TPSA) is 113 Å². The van der Waals surface area contributed by atoms with Crippen LogP contribution in [0, 0.1) is 149 Å². The molecule has 0 spiro atoms. The van der Waals surface area contributed by atoms with Crippen molar-refractivity contribution in [1.29, 1.82) is 0 Å². The Balaban J connectivity index is 1.08. The van der Waals surface area contributed by atoms with Gasteiger partial charge in [0.2, 0.25) is 0 Å². The van der Waals surface area contributed by atoms with Gasteiger partial charge < -0.3 is 19.9 Å². The number of H-pyrrole nitrogens is 4. The summed E-state index contributed by atoms with van der Waals surface area (Å²) in [5.41, 5.74) is 45.6. The van der Waals surface area contributed by atoms with E-state index in [1.807, 2.05) is 0 Å². The largest absolute Gasteiger partial charge is 0.358 e. The molecular weight excluding hydrogens is 1390 g/mol. The van der Waals surface area contributed by atoms with Crippen LogP contribution in [-0.2, 0) is 0 Å². The molecule has 0 aromatic carbocycles. The van der Waals surface area contributed by atoms with Crippen molar-refractivity contribution >= 4 is 61.3 Å². The number of nitrogens with one attached hydrogen (secondary N) is 4. The van der Waals surface area contributed by atoms with Gasteiger partial charge >= 0.3 is 0 Å². The molecular formula is C102H130N8Si2. The molecule has 0 saturated heterocycles. The van der Waals surface area contributed by atoms with Crippen LogP contribution in [0.15, 0.2) is 87.3 Å². The lowest BCUT2D eigenvalue weighted by Crippen LogP contribution is -2.16. The summed E-state index contributed by atoms with van der Waals surface area (Å²) in [4.78, 5) is 36.3. The third kappa shape index (κ3) is 22.3. The molecule has 8 nitrogen and oxygen atoms in total. The van der Waals surface area contributed by atoms with Crippen molar-refractivity contribution in [3.05, 3.63) is 157 Å². The van der Waals surface area contributed by atoms with E-state index >= 15 is 0 Å². The number of nitrogens with zero attached hydrogens (tertiary/aromatic N) is 4. The molecule has 8 rings (SSSR count). The standard InChI is InChI=1S/C102H130N8Si2/c1-27-31-35-39-43-59-91(97-69(7)85(77(15)105-97)55-49-51-57-87-71(9)99(107-79(87)17)93(61-45-41-37-33-29-3)101-73(11)89(81(19)109-101)63-65-111(21,22)23)95-67(5)83(75(13)103-95)53-47-48-54-84-68(6)96(104-76(84)14)92(60-44-40-36-32-28-2)98-70(8)86(78(16)106-98)56-50-52-58-88-72(10)100(108-80(88)18)94(62-46-42-38-34-30-4)102-74(12)90(82(20)110-102)64-66-112(24,25)26/h103-104,107-108H,27-46,59-62H2,1-26H3/b97-91-,98-92-,101-93-,102-94+. The van der Waals surface area contributed by atoms with Gasteiger partial charge in [0.05, 0.1) is 67.9 Å². The Morgan fingerprint density at radius 1 is 0.259 bits per heavy atom. The normalized spacial score (nSPS) is 15.8. The number of rotatable bonds is 28. The minimum absolute atomic E-state index is 0.884. The zero-order chi connectivity index (χ0) is 81.7. The summed E-state index contributed by atoms with van der Waals surface area (Å²) in [7, 11) is -3.17. The molecule has 0 atom stereocenters. The molecule has 0 amide bonds. The maximum atomic E-state index is 5.33. The SMILES string of the molecule is CCCCCCC/C(=C1/N=C(C)C(C#CC#Cc2c(C)[nH]c(/C(CCCCCCC)=C3\N=C(C)C(C#C[Si](C)(C)C)=C3C)c2C)=C1C)c1[nH]c(C)c(C#CC#Cc2c(C)[nH]c(/C(CCCCCCC)=C3\N=C(C)C(C#CC#Cc4c(C)[nH]c(/C(CCCCCCC)=C5/N=C(C)C(C#C[Si](C)(C)C)=C5C)c4C)=C3C)c2C)c1C. The Hall–Kier alpha value is -9.37. The highest BCUT2D eigenvalue weighted by atomic mass is 28.3. The molecule has 4 aliphatic heterocycles. The maximum absolute atomic E-state index is 5.33. The van der Waals surface area contributed by atoms with Crippen LogP contribution in [0.4, 0.5) is 0 Å². The quantitative estimate of drug-likeness (QED) is 0.0247. The van der Waals surface area contributed by atoms with Crippen LogP contribution in [0.3, 0.4) is 0 Å². The maximum Gasteiger partial charge on any atom is 0.129 e. The van der Waals surface area contributed by atoms with Crippen molar-refractivity contribution in [3.63, 3.8) is 0 Å². The number of aromatic amines is 4. The lowest BCUT2D eigenvalue weighted by Gasteiger charge is -2.12. The predicted molar refractivity (Wildman–Crippen MR) is 491 cm³/mol. The Labute approximate surface area is 680 Å². The van der Waals surface area contributed by atoms with E-state index in [9.17, 15) is 0 Å². The Bertz CT molecular complexity index is 4930. The first kappa shape index (κ1) is 88.2. The summed E-state index contributed by atoms with van der Waals surface area (Å²) in [6.07, 6.45) is 27.4. The number of allylic oxidation sites excluding steroid dienone is 12. The first-order valence-corrected chi connectivity index (χ1v) is 49.3. The van der Waals surface area contributed by atoms with Crippen LogP contribution in [0.2, 0.25) is 39.3 Å². The number of aryl methyl sites for hydroxylation is 4. The predicted octanol–water partition coefficient (Wildman–Crippen LogP) is 26.2. The molecule has 4 aliphatic rings. The second-order valence-corrected chi connectivity index (χ2v) is 43.3. The van der Waals surface area contributed by atoms with Crippen molar-refractivity contribution in [2.24, 2.45) is 20.0 Å². The van der Waals surface area contributed by atoms with Gasteiger partial charge in [0.1, 0.15) is 16.1 Å². The lowest BCUT2D eigenvalue weighted by atomic mass is 9.95. The van der Waals surface area contributed by atoms with E-state index in [0.717, 1.165) is 233 Å². The van der Waals surface area contributed by atoms with E-state index in [2.05, 4.69) is 292 Å². The van der Waals surface area contributed by atoms with E-state index < -0.39 is 16.1 Å². The monoisotopic (exact) mass is 1520 g/mol. The number of aliphatic imine (C=N–C) groups is 4. The third-order valence-electron chi connectivity index (χ3n) is 22.1. The van der Waals surface area contributed by atoms with Crippen molar-refractivity contribution in [3.8, 4) is 94.0 Å². The van der Waals surface area contributed by atoms with Crippen molar-refractivity contribution in [2.45, 2.75) is 332 Å². The summed E-state index contributed by atoms with van der Waals surface area (Å²) < 4.78 is 0. The Morgan fingerprint density at radius 2 is 0.455 bits per heavy atom. The fourth-order valence-corrected chi connectivity index (χ4v) is 16.8. The number of hydrogen-bond acceptors (Lipinski definition) is 4. The summed E-state index contributed by atoms with van der Waals surface area (Å²) in [5, 5.41) is 0. The summed E-state index contributed by atoms with van der Waals surface area (Å²) >= 11 is 0. The second kappa shape index (κ2) is 40.9. The molecule has 10 heteroatoms. The Kier molecular flexibility index (Phi) is 32.2. The van der Waals surface area contributed by atoms with Gasteiger partial charge in [-0.1, -0.05) is 217 Å². The lowest BCUT2D eigenvalue weighted by molar-refractivity contribution is 0.639. The third-order valence-corrected chi connectivity index (χ3v) is 23.9. The zero-order valence-corrected chi connectivity index (χ0v) is 75.8.